The Balaban J connectivity index is 1.74. The quantitative estimate of drug-likeness (QED) is 0.805. The zero-order valence-electron chi connectivity index (χ0n) is 17.4. The summed E-state index contributed by atoms with van der Waals surface area (Å²) in [5, 5.41) is 13.6. The van der Waals surface area contributed by atoms with Crippen LogP contribution in [0.2, 0.25) is 0 Å². The molecule has 29 heavy (non-hydrogen) atoms. The number of hydrogen-bond acceptors (Lipinski definition) is 4. The van der Waals surface area contributed by atoms with Gasteiger partial charge >= 0.3 is 0 Å². The van der Waals surface area contributed by atoms with Crippen molar-refractivity contribution in [3.05, 3.63) is 30.1 Å². The average Bonchev–Trinajstić information content (AvgIpc) is 3.37. The van der Waals surface area contributed by atoms with Gasteiger partial charge in [-0.3, -0.25) is 9.48 Å². The van der Waals surface area contributed by atoms with Crippen molar-refractivity contribution in [3.8, 4) is 16.9 Å². The van der Waals surface area contributed by atoms with E-state index >= 15 is 0 Å². The monoisotopic (exact) mass is 397 g/mol. The summed E-state index contributed by atoms with van der Waals surface area (Å²) in [5.41, 5.74) is 4.10. The number of benzene rings is 1. The maximum absolute atomic E-state index is 12.3. The van der Waals surface area contributed by atoms with Crippen molar-refractivity contribution in [1.29, 1.82) is 0 Å². The maximum atomic E-state index is 12.3. The molecule has 1 N–H and O–H groups in total. The van der Waals surface area contributed by atoms with Crippen LogP contribution in [0.1, 0.15) is 51.5 Å². The van der Waals surface area contributed by atoms with E-state index in [2.05, 4.69) is 18.1 Å². The number of aromatic nitrogens is 2. The number of rotatable bonds is 6. The number of ether oxygens (including phenoxy) is 1. The Bertz CT molecular complexity index is 870. The first-order valence-electron chi connectivity index (χ1n) is 10.8. The molecule has 0 unspecified atom stereocenters. The van der Waals surface area contributed by atoms with Crippen molar-refractivity contribution in [1.82, 2.24) is 9.78 Å². The molecule has 2 aromatic rings. The predicted octanol–water partition coefficient (Wildman–Crippen LogP) is 3.80. The second kappa shape index (κ2) is 8.57. The molecule has 1 amide bonds. The van der Waals surface area contributed by atoms with Crippen LogP contribution in [-0.4, -0.2) is 40.0 Å². The van der Waals surface area contributed by atoms with Gasteiger partial charge in [0.25, 0.3) is 0 Å². The van der Waals surface area contributed by atoms with Gasteiger partial charge in [0.1, 0.15) is 5.75 Å². The van der Waals surface area contributed by atoms with Crippen molar-refractivity contribution in [2.24, 2.45) is 5.92 Å². The number of aliphatic hydroxyl groups is 1. The predicted molar refractivity (Wildman–Crippen MR) is 113 cm³/mol. The van der Waals surface area contributed by atoms with Crippen LogP contribution in [-0.2, 0) is 17.8 Å². The van der Waals surface area contributed by atoms with Crippen LogP contribution in [0.15, 0.2) is 24.5 Å². The topological polar surface area (TPSA) is 67.6 Å². The fourth-order valence-corrected chi connectivity index (χ4v) is 4.78. The van der Waals surface area contributed by atoms with Crippen LogP contribution in [0.3, 0.4) is 0 Å². The lowest BCUT2D eigenvalue weighted by Crippen LogP contribution is -2.40. The van der Waals surface area contributed by atoms with Gasteiger partial charge in [0, 0.05) is 35.9 Å². The summed E-state index contributed by atoms with van der Waals surface area (Å²) in [6.07, 6.45) is 10.7. The lowest BCUT2D eigenvalue weighted by Gasteiger charge is -2.36. The van der Waals surface area contributed by atoms with E-state index in [0.29, 0.717) is 12.5 Å². The molecule has 1 fully saturated rings. The molecule has 4 rings (SSSR count). The molecule has 6 nitrogen and oxygen atoms in total. The fraction of sp³-hybridized carbons (Fsp3) is 0.565. The second-order valence-electron chi connectivity index (χ2n) is 8.39. The highest BCUT2D eigenvalue weighted by Gasteiger charge is 2.30. The van der Waals surface area contributed by atoms with Crippen LogP contribution >= 0.6 is 0 Å². The van der Waals surface area contributed by atoms with Gasteiger partial charge in [0.15, 0.2) is 0 Å². The number of fused-ring (bicyclic) bond motifs is 1. The van der Waals surface area contributed by atoms with E-state index in [4.69, 9.17) is 4.74 Å². The molecule has 1 aliphatic carbocycles. The van der Waals surface area contributed by atoms with E-state index < -0.39 is 0 Å². The average molecular weight is 398 g/mol. The van der Waals surface area contributed by atoms with Gasteiger partial charge in [-0.15, -0.1) is 0 Å². The highest BCUT2D eigenvalue weighted by molar-refractivity contribution is 5.95. The zero-order chi connectivity index (χ0) is 20.4. The molecule has 0 spiro atoms. The van der Waals surface area contributed by atoms with Gasteiger partial charge in [0.2, 0.25) is 5.91 Å². The van der Waals surface area contributed by atoms with E-state index in [1.54, 1.807) is 11.6 Å². The van der Waals surface area contributed by atoms with Gasteiger partial charge in [-0.1, -0.05) is 12.8 Å². The highest BCUT2D eigenvalue weighted by Crippen LogP contribution is 2.43. The normalized spacial score (nSPS) is 19.4. The molecular weight excluding hydrogens is 366 g/mol. The summed E-state index contributed by atoms with van der Waals surface area (Å²) in [7, 11) is 0. The van der Waals surface area contributed by atoms with E-state index in [1.807, 2.05) is 23.4 Å². The Labute approximate surface area is 172 Å². The second-order valence-corrected chi connectivity index (χ2v) is 8.39. The highest BCUT2D eigenvalue weighted by atomic mass is 16.5. The number of hydrogen-bond donors (Lipinski definition) is 1. The fourth-order valence-electron chi connectivity index (χ4n) is 4.78. The van der Waals surface area contributed by atoms with Crippen LogP contribution in [0.5, 0.6) is 5.75 Å². The standard InChI is InChI=1S/C23H31N3O3/c1-16-7-8-21-22(26(16)17(2)28)10-9-20(19-13-24-25(14-19)11-12-27)23(21)29-15-18-5-3-4-6-18/h9-10,13-14,16,18,27H,3-8,11-12,15H2,1-2H3/t16-/m0/s1. The lowest BCUT2D eigenvalue weighted by atomic mass is 9.92. The minimum absolute atomic E-state index is 0.0573. The summed E-state index contributed by atoms with van der Waals surface area (Å²) in [4.78, 5) is 14.2. The summed E-state index contributed by atoms with van der Waals surface area (Å²) in [6, 6.07) is 4.30. The van der Waals surface area contributed by atoms with Crippen molar-refractivity contribution in [3.63, 3.8) is 0 Å². The Hall–Kier alpha value is -2.34. The molecule has 1 saturated carbocycles. The van der Waals surface area contributed by atoms with Crippen LogP contribution < -0.4 is 9.64 Å². The van der Waals surface area contributed by atoms with Gasteiger partial charge in [-0.05, 0) is 50.7 Å². The van der Waals surface area contributed by atoms with Crippen molar-refractivity contribution in [2.45, 2.75) is 65.0 Å². The molecule has 1 aromatic heterocycles. The Kier molecular flexibility index (Phi) is 5.90. The third-order valence-corrected chi connectivity index (χ3v) is 6.30. The van der Waals surface area contributed by atoms with Gasteiger partial charge < -0.3 is 14.7 Å². The summed E-state index contributed by atoms with van der Waals surface area (Å²) >= 11 is 0. The van der Waals surface area contributed by atoms with Gasteiger partial charge in [0.05, 0.1) is 31.6 Å². The molecular formula is C23H31N3O3. The molecule has 2 aliphatic rings. The first-order valence-corrected chi connectivity index (χ1v) is 10.8. The minimum Gasteiger partial charge on any atom is -0.492 e. The van der Waals surface area contributed by atoms with E-state index in [0.717, 1.165) is 47.6 Å². The van der Waals surface area contributed by atoms with Crippen molar-refractivity contribution < 1.29 is 14.6 Å². The lowest BCUT2D eigenvalue weighted by molar-refractivity contribution is -0.117. The molecule has 1 aliphatic heterocycles. The Morgan fingerprint density at radius 3 is 2.79 bits per heavy atom. The van der Waals surface area contributed by atoms with Gasteiger partial charge in [-0.25, -0.2) is 0 Å². The van der Waals surface area contributed by atoms with Crippen LogP contribution in [0.4, 0.5) is 5.69 Å². The molecule has 156 valence electrons. The molecule has 6 heteroatoms. The Morgan fingerprint density at radius 2 is 2.07 bits per heavy atom. The van der Waals surface area contributed by atoms with Crippen LogP contribution in [0, 0.1) is 5.92 Å². The number of aliphatic hydroxyl groups excluding tert-OH is 1. The van der Waals surface area contributed by atoms with E-state index in [1.165, 1.54) is 25.7 Å². The van der Waals surface area contributed by atoms with Crippen molar-refractivity contribution in [2.75, 3.05) is 18.1 Å². The van der Waals surface area contributed by atoms with Crippen molar-refractivity contribution >= 4 is 11.6 Å². The molecule has 1 aromatic carbocycles. The maximum Gasteiger partial charge on any atom is 0.224 e. The first kappa shape index (κ1) is 20.0. The first-order chi connectivity index (χ1) is 14.1. The molecule has 1 atom stereocenters. The zero-order valence-corrected chi connectivity index (χ0v) is 17.4. The third kappa shape index (κ3) is 4.04. The number of carbonyl (C=O) groups is 1. The number of amides is 1. The van der Waals surface area contributed by atoms with E-state index in [9.17, 15) is 9.90 Å². The summed E-state index contributed by atoms with van der Waals surface area (Å²) in [6.45, 7) is 5.00. The van der Waals surface area contributed by atoms with Crippen LogP contribution in [0.25, 0.3) is 11.1 Å². The number of anilines is 1. The summed E-state index contributed by atoms with van der Waals surface area (Å²) in [5.74, 6) is 1.59. The summed E-state index contributed by atoms with van der Waals surface area (Å²) < 4.78 is 8.23. The largest absolute Gasteiger partial charge is 0.492 e. The molecule has 2 heterocycles. The molecule has 0 saturated heterocycles. The molecule has 0 radical (unpaired) electrons. The number of carbonyl (C=O) groups excluding carboxylic acids is 1. The SMILES string of the molecule is CC(=O)N1c2ccc(-c3cnn(CCO)c3)c(OCC3CCCC3)c2CC[C@@H]1C. The van der Waals surface area contributed by atoms with E-state index in [-0.39, 0.29) is 18.6 Å². The van der Waals surface area contributed by atoms with Gasteiger partial charge in [-0.2, -0.15) is 5.10 Å². The Morgan fingerprint density at radius 1 is 1.28 bits per heavy atom. The molecule has 0 bridgehead atoms. The minimum atomic E-state index is 0.0573. The smallest absolute Gasteiger partial charge is 0.224 e. The third-order valence-electron chi connectivity index (χ3n) is 6.30. The number of nitrogens with zero attached hydrogens (tertiary/aromatic N) is 3.